The SMILES string of the molecule is CCC(C)(C)NC(=O)[C@H](c1ccccc1F)N(C(=O)Cn1nnc2ccccc21)c1cccc(C(C)=O)c1. The van der Waals surface area contributed by atoms with E-state index in [0.29, 0.717) is 23.0 Å². The lowest BCUT2D eigenvalue weighted by Crippen LogP contribution is -2.51. The number of rotatable bonds is 9. The molecule has 1 N–H and O–H groups in total. The summed E-state index contributed by atoms with van der Waals surface area (Å²) in [5.41, 5.74) is 1.30. The maximum atomic E-state index is 15.2. The Morgan fingerprint density at radius 1 is 1.03 bits per heavy atom. The number of fused-ring (bicyclic) bond motifs is 1. The average Bonchev–Trinajstić information content (AvgIpc) is 3.30. The van der Waals surface area contributed by atoms with Gasteiger partial charge in [-0.3, -0.25) is 19.3 Å². The molecule has 0 fully saturated rings. The molecule has 1 aromatic heterocycles. The number of carbonyl (C=O) groups is 3. The van der Waals surface area contributed by atoms with E-state index >= 15 is 4.39 Å². The standard InChI is InChI=1S/C29H30FN5O3/c1-5-29(3,4)31-28(38)27(22-13-6-7-14-23(22)30)35(21-12-10-11-20(17-21)19(2)36)26(37)18-34-25-16-9-8-15-24(25)32-33-34/h6-17,27H,5,18H2,1-4H3,(H,31,38)/t27-/m0/s1. The molecule has 0 aliphatic carbocycles. The fourth-order valence-corrected chi connectivity index (χ4v) is 4.13. The summed E-state index contributed by atoms with van der Waals surface area (Å²) in [5.74, 6) is -1.92. The molecular formula is C29H30FN5O3. The highest BCUT2D eigenvalue weighted by Crippen LogP contribution is 2.31. The third kappa shape index (κ3) is 5.61. The molecule has 3 aromatic carbocycles. The van der Waals surface area contributed by atoms with Gasteiger partial charge in [-0.25, -0.2) is 9.07 Å². The average molecular weight is 516 g/mol. The summed E-state index contributed by atoms with van der Waals surface area (Å²) >= 11 is 0. The molecule has 4 rings (SSSR count). The van der Waals surface area contributed by atoms with Crippen molar-refractivity contribution in [2.24, 2.45) is 0 Å². The molecule has 0 aliphatic rings. The molecule has 4 aromatic rings. The molecular weight excluding hydrogens is 485 g/mol. The number of nitrogens with one attached hydrogen (secondary N) is 1. The van der Waals surface area contributed by atoms with E-state index in [0.717, 1.165) is 0 Å². The minimum absolute atomic E-state index is 0.0296. The summed E-state index contributed by atoms with van der Waals surface area (Å²) in [5, 5.41) is 11.2. The molecule has 0 spiro atoms. The summed E-state index contributed by atoms with van der Waals surface area (Å²) in [7, 11) is 0. The summed E-state index contributed by atoms with van der Waals surface area (Å²) < 4.78 is 16.7. The molecule has 38 heavy (non-hydrogen) atoms. The lowest BCUT2D eigenvalue weighted by molar-refractivity contribution is -0.128. The van der Waals surface area contributed by atoms with Gasteiger partial charge in [-0.2, -0.15) is 0 Å². The van der Waals surface area contributed by atoms with Crippen LogP contribution in [-0.4, -0.2) is 38.1 Å². The molecule has 2 amide bonds. The van der Waals surface area contributed by atoms with Gasteiger partial charge in [-0.1, -0.05) is 54.6 Å². The van der Waals surface area contributed by atoms with Gasteiger partial charge < -0.3 is 5.32 Å². The molecule has 0 saturated carbocycles. The Morgan fingerprint density at radius 2 is 1.74 bits per heavy atom. The van der Waals surface area contributed by atoms with Crippen LogP contribution in [0.25, 0.3) is 11.0 Å². The fraction of sp³-hybridized carbons (Fsp3) is 0.276. The normalized spacial score (nSPS) is 12.2. The molecule has 9 heteroatoms. The van der Waals surface area contributed by atoms with E-state index < -0.39 is 29.2 Å². The van der Waals surface area contributed by atoms with Gasteiger partial charge in [0.05, 0.1) is 5.52 Å². The highest BCUT2D eigenvalue weighted by Gasteiger charge is 2.37. The number of Topliss-reactive ketones (excluding diaryl/α,β-unsaturated/α-hetero) is 1. The Bertz CT molecular complexity index is 1500. The molecule has 0 radical (unpaired) electrons. The Kier molecular flexibility index (Phi) is 7.66. The first-order chi connectivity index (χ1) is 18.1. The zero-order valence-electron chi connectivity index (χ0n) is 21.8. The van der Waals surface area contributed by atoms with E-state index in [1.54, 1.807) is 36.4 Å². The van der Waals surface area contributed by atoms with Crippen LogP contribution in [0.1, 0.15) is 56.1 Å². The highest BCUT2D eigenvalue weighted by molar-refractivity contribution is 6.03. The van der Waals surface area contributed by atoms with Crippen LogP contribution in [-0.2, 0) is 16.1 Å². The van der Waals surface area contributed by atoms with Crippen LogP contribution in [0.5, 0.6) is 0 Å². The van der Waals surface area contributed by atoms with Gasteiger partial charge >= 0.3 is 0 Å². The smallest absolute Gasteiger partial charge is 0.249 e. The van der Waals surface area contributed by atoms with E-state index in [4.69, 9.17) is 0 Å². The second kappa shape index (κ2) is 10.9. The molecule has 0 bridgehead atoms. The summed E-state index contributed by atoms with van der Waals surface area (Å²) in [4.78, 5) is 41.3. The van der Waals surface area contributed by atoms with Crippen LogP contribution >= 0.6 is 0 Å². The number of benzene rings is 3. The maximum Gasteiger partial charge on any atom is 0.249 e. The largest absolute Gasteiger partial charge is 0.349 e. The van der Waals surface area contributed by atoms with Crippen molar-refractivity contribution in [1.29, 1.82) is 0 Å². The Hall–Kier alpha value is -4.40. The maximum absolute atomic E-state index is 15.2. The van der Waals surface area contributed by atoms with Gasteiger partial charge in [0.15, 0.2) is 5.78 Å². The summed E-state index contributed by atoms with van der Waals surface area (Å²) in [6.07, 6.45) is 0.613. The number of halogens is 1. The van der Waals surface area contributed by atoms with Crippen LogP contribution in [0.15, 0.2) is 72.8 Å². The molecule has 0 unspecified atom stereocenters. The molecule has 1 heterocycles. The van der Waals surface area contributed by atoms with Crippen molar-refractivity contribution in [3.63, 3.8) is 0 Å². The number of hydrogen-bond donors (Lipinski definition) is 1. The first kappa shape index (κ1) is 26.7. The van der Waals surface area contributed by atoms with Crippen molar-refractivity contribution >= 4 is 34.3 Å². The molecule has 8 nitrogen and oxygen atoms in total. The summed E-state index contributed by atoms with van der Waals surface area (Å²) in [6.45, 7) is 6.78. The number of anilines is 1. The van der Waals surface area contributed by atoms with Gasteiger partial charge in [-0.15, -0.1) is 5.10 Å². The Balaban J connectivity index is 1.88. The zero-order chi connectivity index (χ0) is 27.4. The van der Waals surface area contributed by atoms with Gasteiger partial charge in [0.2, 0.25) is 11.8 Å². The second-order valence-electron chi connectivity index (χ2n) is 9.76. The fourth-order valence-electron chi connectivity index (χ4n) is 4.13. The Labute approximate surface area is 220 Å². The van der Waals surface area contributed by atoms with Gasteiger partial charge in [0.1, 0.15) is 23.9 Å². The lowest BCUT2D eigenvalue weighted by Gasteiger charge is -2.35. The van der Waals surface area contributed by atoms with Crippen LogP contribution in [0, 0.1) is 5.82 Å². The topological polar surface area (TPSA) is 97.2 Å². The number of ketones is 1. The summed E-state index contributed by atoms with van der Waals surface area (Å²) in [6, 6.07) is 18.1. The lowest BCUT2D eigenvalue weighted by atomic mass is 9.97. The van der Waals surface area contributed by atoms with Crippen LogP contribution in [0.4, 0.5) is 10.1 Å². The van der Waals surface area contributed by atoms with E-state index in [9.17, 15) is 14.4 Å². The number of carbonyl (C=O) groups excluding carboxylic acids is 3. The number of hydrogen-bond acceptors (Lipinski definition) is 5. The first-order valence-corrected chi connectivity index (χ1v) is 12.4. The number of aromatic nitrogens is 3. The monoisotopic (exact) mass is 515 g/mol. The van der Waals surface area contributed by atoms with Crippen LogP contribution in [0.2, 0.25) is 0 Å². The minimum Gasteiger partial charge on any atom is -0.349 e. The number of amides is 2. The van der Waals surface area contributed by atoms with E-state index in [1.807, 2.05) is 32.9 Å². The van der Waals surface area contributed by atoms with Gasteiger partial charge in [0, 0.05) is 22.4 Å². The predicted molar refractivity (Wildman–Crippen MR) is 143 cm³/mol. The van der Waals surface area contributed by atoms with Crippen molar-refractivity contribution in [2.45, 2.75) is 52.2 Å². The van der Waals surface area contributed by atoms with Crippen LogP contribution in [0.3, 0.4) is 0 Å². The molecule has 196 valence electrons. The third-order valence-electron chi connectivity index (χ3n) is 6.56. The number of nitrogens with zero attached hydrogens (tertiary/aromatic N) is 4. The van der Waals surface area contributed by atoms with Crippen LogP contribution < -0.4 is 10.2 Å². The van der Waals surface area contributed by atoms with Crippen molar-refractivity contribution in [1.82, 2.24) is 20.3 Å². The van der Waals surface area contributed by atoms with Crippen molar-refractivity contribution in [3.8, 4) is 0 Å². The van der Waals surface area contributed by atoms with Gasteiger partial charge in [0.25, 0.3) is 0 Å². The van der Waals surface area contributed by atoms with E-state index in [-0.39, 0.29) is 23.6 Å². The quantitative estimate of drug-likeness (QED) is 0.321. The molecule has 1 atom stereocenters. The Morgan fingerprint density at radius 3 is 2.45 bits per heavy atom. The van der Waals surface area contributed by atoms with Crippen molar-refractivity contribution in [3.05, 3.63) is 89.7 Å². The third-order valence-corrected chi connectivity index (χ3v) is 6.56. The second-order valence-corrected chi connectivity index (χ2v) is 9.76. The first-order valence-electron chi connectivity index (χ1n) is 12.4. The zero-order valence-corrected chi connectivity index (χ0v) is 21.8. The van der Waals surface area contributed by atoms with Gasteiger partial charge in [-0.05, 0) is 57.5 Å². The van der Waals surface area contributed by atoms with E-state index in [2.05, 4.69) is 15.6 Å². The highest BCUT2D eigenvalue weighted by atomic mass is 19.1. The van der Waals surface area contributed by atoms with Crippen molar-refractivity contribution < 1.29 is 18.8 Å². The minimum atomic E-state index is -1.36. The van der Waals surface area contributed by atoms with E-state index in [1.165, 1.54) is 40.8 Å². The molecule has 0 aliphatic heterocycles. The number of para-hydroxylation sites is 1. The molecule has 0 saturated heterocycles. The predicted octanol–water partition coefficient (Wildman–Crippen LogP) is 4.85. The van der Waals surface area contributed by atoms with Crippen molar-refractivity contribution in [2.75, 3.05) is 4.90 Å².